The van der Waals surface area contributed by atoms with Gasteiger partial charge in [-0.15, -0.1) is 24.1 Å². The molecule has 0 aliphatic carbocycles. The molecular weight excluding hydrogens is 214 g/mol. The Morgan fingerprint density at radius 3 is 2.62 bits per heavy atom. The third-order valence-electron chi connectivity index (χ3n) is 2.41. The zero-order valence-electron chi connectivity index (χ0n) is 9.99. The van der Waals surface area contributed by atoms with Crippen molar-refractivity contribution in [2.45, 2.75) is 31.2 Å². The molecule has 16 heavy (non-hydrogen) atoms. The van der Waals surface area contributed by atoms with Crippen LogP contribution in [0.15, 0.2) is 29.2 Å². The Labute approximate surface area is 103 Å². The van der Waals surface area contributed by atoms with E-state index in [9.17, 15) is 0 Å². The van der Waals surface area contributed by atoms with Crippen molar-refractivity contribution < 1.29 is 0 Å². The van der Waals surface area contributed by atoms with Crippen molar-refractivity contribution in [1.29, 1.82) is 0 Å². The standard InChI is InChI=1S/C14H19NS/c1-4-6-11-16-14-9-7-13(8-10-14)12(3)15-5-2/h1,7-10,12,15H,5-6,11H2,2-3H3. The van der Waals surface area contributed by atoms with Gasteiger partial charge in [-0.3, -0.25) is 0 Å². The molecular formula is C14H19NS. The van der Waals surface area contributed by atoms with Gasteiger partial charge in [0, 0.05) is 23.1 Å². The van der Waals surface area contributed by atoms with Gasteiger partial charge >= 0.3 is 0 Å². The summed E-state index contributed by atoms with van der Waals surface area (Å²) in [5.74, 6) is 3.65. The number of terminal acetylenes is 1. The maximum absolute atomic E-state index is 5.22. The molecule has 1 unspecified atom stereocenters. The van der Waals surface area contributed by atoms with Crippen molar-refractivity contribution in [3.05, 3.63) is 29.8 Å². The van der Waals surface area contributed by atoms with Crippen LogP contribution < -0.4 is 5.32 Å². The highest BCUT2D eigenvalue weighted by Gasteiger charge is 2.02. The fraction of sp³-hybridized carbons (Fsp3) is 0.429. The molecule has 0 amide bonds. The summed E-state index contributed by atoms with van der Waals surface area (Å²) in [5.41, 5.74) is 1.34. The SMILES string of the molecule is C#CCCSc1ccc(C(C)NCC)cc1. The van der Waals surface area contributed by atoms with E-state index in [0.29, 0.717) is 6.04 Å². The Hall–Kier alpha value is -0.910. The molecule has 1 aromatic rings. The summed E-state index contributed by atoms with van der Waals surface area (Å²) in [6, 6.07) is 9.14. The lowest BCUT2D eigenvalue weighted by atomic mass is 10.1. The summed E-state index contributed by atoms with van der Waals surface area (Å²) >= 11 is 1.82. The Kier molecular flexibility index (Phi) is 6.07. The second-order valence-corrected chi connectivity index (χ2v) is 4.82. The maximum atomic E-state index is 5.22. The van der Waals surface area contributed by atoms with E-state index in [1.165, 1.54) is 10.5 Å². The average Bonchev–Trinajstić information content (AvgIpc) is 2.30. The molecule has 86 valence electrons. The Balaban J connectivity index is 2.51. The number of hydrogen-bond acceptors (Lipinski definition) is 2. The van der Waals surface area contributed by atoms with Crippen LogP contribution in [0.5, 0.6) is 0 Å². The van der Waals surface area contributed by atoms with Gasteiger partial charge in [0.25, 0.3) is 0 Å². The van der Waals surface area contributed by atoms with Crippen LogP contribution >= 0.6 is 11.8 Å². The minimum atomic E-state index is 0.426. The maximum Gasteiger partial charge on any atom is 0.0291 e. The molecule has 1 atom stereocenters. The molecule has 1 aromatic carbocycles. The molecule has 0 aliphatic rings. The Morgan fingerprint density at radius 1 is 1.38 bits per heavy atom. The van der Waals surface area contributed by atoms with Gasteiger partial charge in [0.1, 0.15) is 0 Å². The van der Waals surface area contributed by atoms with E-state index in [0.717, 1.165) is 18.7 Å². The average molecular weight is 233 g/mol. The van der Waals surface area contributed by atoms with Crippen LogP contribution in [-0.4, -0.2) is 12.3 Å². The topological polar surface area (TPSA) is 12.0 Å². The second kappa shape index (κ2) is 7.38. The van der Waals surface area contributed by atoms with Crippen LogP contribution in [-0.2, 0) is 0 Å². The van der Waals surface area contributed by atoms with Crippen LogP contribution in [0.25, 0.3) is 0 Å². The van der Waals surface area contributed by atoms with Crippen LogP contribution in [0, 0.1) is 12.3 Å². The first-order valence-corrected chi connectivity index (χ1v) is 6.66. The summed E-state index contributed by atoms with van der Waals surface area (Å²) < 4.78 is 0. The molecule has 0 aliphatic heterocycles. The number of rotatable bonds is 6. The van der Waals surface area contributed by atoms with Crippen LogP contribution in [0.3, 0.4) is 0 Å². The summed E-state index contributed by atoms with van der Waals surface area (Å²) in [5, 5.41) is 3.40. The molecule has 1 N–H and O–H groups in total. The van der Waals surface area contributed by atoms with Crippen LogP contribution in [0.4, 0.5) is 0 Å². The van der Waals surface area contributed by atoms with Crippen molar-refractivity contribution in [2.75, 3.05) is 12.3 Å². The molecule has 0 saturated carbocycles. The molecule has 0 spiro atoms. The number of nitrogens with one attached hydrogen (secondary N) is 1. The molecule has 0 heterocycles. The Morgan fingerprint density at radius 2 is 2.06 bits per heavy atom. The van der Waals surface area contributed by atoms with Gasteiger partial charge in [-0.05, 0) is 31.2 Å². The highest BCUT2D eigenvalue weighted by Crippen LogP contribution is 2.21. The minimum absolute atomic E-state index is 0.426. The van der Waals surface area contributed by atoms with E-state index in [-0.39, 0.29) is 0 Å². The predicted octanol–water partition coefficient (Wildman–Crippen LogP) is 3.47. The van der Waals surface area contributed by atoms with E-state index in [1.54, 1.807) is 0 Å². The first kappa shape index (κ1) is 13.2. The summed E-state index contributed by atoms with van der Waals surface area (Å²) in [4.78, 5) is 1.29. The molecule has 2 heteroatoms. The van der Waals surface area contributed by atoms with Crippen molar-refractivity contribution in [3.63, 3.8) is 0 Å². The normalized spacial score (nSPS) is 12.1. The van der Waals surface area contributed by atoms with Gasteiger partial charge in [-0.1, -0.05) is 19.1 Å². The third kappa shape index (κ3) is 4.30. The van der Waals surface area contributed by atoms with Gasteiger partial charge in [-0.25, -0.2) is 0 Å². The van der Waals surface area contributed by atoms with E-state index in [4.69, 9.17) is 6.42 Å². The fourth-order valence-electron chi connectivity index (χ4n) is 1.50. The van der Waals surface area contributed by atoms with Crippen LogP contribution in [0.2, 0.25) is 0 Å². The van der Waals surface area contributed by atoms with Gasteiger partial charge < -0.3 is 5.32 Å². The quantitative estimate of drug-likeness (QED) is 0.459. The van der Waals surface area contributed by atoms with Crippen molar-refractivity contribution in [3.8, 4) is 12.3 Å². The van der Waals surface area contributed by atoms with Crippen molar-refractivity contribution in [1.82, 2.24) is 5.32 Å². The zero-order chi connectivity index (χ0) is 11.8. The lowest BCUT2D eigenvalue weighted by molar-refractivity contribution is 0.598. The molecule has 0 radical (unpaired) electrons. The zero-order valence-corrected chi connectivity index (χ0v) is 10.8. The smallest absolute Gasteiger partial charge is 0.0291 e. The monoisotopic (exact) mass is 233 g/mol. The first-order chi connectivity index (χ1) is 7.77. The van der Waals surface area contributed by atoms with Gasteiger partial charge in [0.05, 0.1) is 0 Å². The lowest BCUT2D eigenvalue weighted by Crippen LogP contribution is -2.17. The van der Waals surface area contributed by atoms with E-state index < -0.39 is 0 Å². The number of hydrogen-bond donors (Lipinski definition) is 1. The predicted molar refractivity (Wildman–Crippen MR) is 72.7 cm³/mol. The molecule has 1 nitrogen and oxygen atoms in total. The number of benzene rings is 1. The third-order valence-corrected chi connectivity index (χ3v) is 3.42. The molecule has 0 fully saturated rings. The van der Waals surface area contributed by atoms with Gasteiger partial charge in [-0.2, -0.15) is 0 Å². The van der Waals surface area contributed by atoms with Crippen LogP contribution in [0.1, 0.15) is 31.9 Å². The fourth-order valence-corrected chi connectivity index (χ4v) is 2.29. The summed E-state index contributed by atoms with van der Waals surface area (Å²) in [6.45, 7) is 5.31. The van der Waals surface area contributed by atoms with Gasteiger partial charge in [0.15, 0.2) is 0 Å². The second-order valence-electron chi connectivity index (χ2n) is 3.65. The highest BCUT2D eigenvalue weighted by atomic mass is 32.2. The first-order valence-electron chi connectivity index (χ1n) is 5.67. The van der Waals surface area contributed by atoms with E-state index >= 15 is 0 Å². The molecule has 0 bridgehead atoms. The lowest BCUT2D eigenvalue weighted by Gasteiger charge is -2.12. The highest BCUT2D eigenvalue weighted by molar-refractivity contribution is 7.99. The van der Waals surface area contributed by atoms with Crippen molar-refractivity contribution in [2.24, 2.45) is 0 Å². The minimum Gasteiger partial charge on any atom is -0.310 e. The molecule has 0 aromatic heterocycles. The Bertz CT molecular complexity index is 337. The van der Waals surface area contributed by atoms with E-state index in [2.05, 4.69) is 49.4 Å². The summed E-state index contributed by atoms with van der Waals surface area (Å²) in [7, 11) is 0. The number of thioether (sulfide) groups is 1. The summed E-state index contributed by atoms with van der Waals surface area (Å²) in [6.07, 6.45) is 6.05. The van der Waals surface area contributed by atoms with Gasteiger partial charge in [0.2, 0.25) is 0 Å². The largest absolute Gasteiger partial charge is 0.310 e. The molecule has 1 rings (SSSR count). The van der Waals surface area contributed by atoms with Crippen molar-refractivity contribution >= 4 is 11.8 Å². The van der Waals surface area contributed by atoms with E-state index in [1.807, 2.05) is 11.8 Å². The molecule has 0 saturated heterocycles.